The largest absolute Gasteiger partial charge is 0.366 e. The molecule has 1 atom stereocenters. The lowest BCUT2D eigenvalue weighted by Gasteiger charge is -2.11. The normalized spacial score (nSPS) is 11.8. The van der Waals surface area contributed by atoms with E-state index in [4.69, 9.17) is 23.2 Å². The summed E-state index contributed by atoms with van der Waals surface area (Å²) in [7, 11) is 0. The molecule has 0 saturated heterocycles. The van der Waals surface area contributed by atoms with Crippen LogP contribution in [0.1, 0.15) is 18.9 Å². The first kappa shape index (κ1) is 16.1. The molecule has 6 heteroatoms. The monoisotopic (exact) mass is 361 g/mol. The summed E-state index contributed by atoms with van der Waals surface area (Å²) in [4.78, 5) is 9.52. The molecule has 1 aromatic carbocycles. The van der Waals surface area contributed by atoms with E-state index >= 15 is 0 Å². The molecule has 23 heavy (non-hydrogen) atoms. The van der Waals surface area contributed by atoms with Crippen LogP contribution in [0, 0.1) is 11.8 Å². The van der Waals surface area contributed by atoms with Crippen molar-refractivity contribution in [2.75, 3.05) is 5.32 Å². The first-order chi connectivity index (χ1) is 11.1. The van der Waals surface area contributed by atoms with Crippen molar-refractivity contribution in [1.82, 2.24) is 9.97 Å². The second kappa shape index (κ2) is 7.18. The van der Waals surface area contributed by atoms with Gasteiger partial charge >= 0.3 is 0 Å². The third-order valence-corrected chi connectivity index (χ3v) is 4.68. The van der Waals surface area contributed by atoms with Gasteiger partial charge in [-0.25, -0.2) is 9.97 Å². The van der Waals surface area contributed by atoms with Crippen molar-refractivity contribution in [3.63, 3.8) is 0 Å². The second-order valence-electron chi connectivity index (χ2n) is 5.01. The standard InChI is InChI=1S/C17H13Cl2N3S/c1-11(4-2-5-12-14(18)6-3-7-15(12)19)22-16-13-8-9-23-17(13)21-10-20-16/h3,6-11H,4H2,1H3,(H,20,21,22). The zero-order valence-electron chi connectivity index (χ0n) is 12.3. The Morgan fingerprint density at radius 2 is 2.00 bits per heavy atom. The van der Waals surface area contributed by atoms with Crippen molar-refractivity contribution in [3.05, 3.63) is 51.6 Å². The topological polar surface area (TPSA) is 37.8 Å². The van der Waals surface area contributed by atoms with Gasteiger partial charge < -0.3 is 5.32 Å². The van der Waals surface area contributed by atoms with Gasteiger partial charge in [0.1, 0.15) is 17.0 Å². The molecule has 2 aromatic heterocycles. The molecule has 2 heterocycles. The van der Waals surface area contributed by atoms with Crippen LogP contribution in [0.4, 0.5) is 5.82 Å². The van der Waals surface area contributed by atoms with Gasteiger partial charge in [0, 0.05) is 12.5 Å². The van der Waals surface area contributed by atoms with Crippen LogP contribution in [0.25, 0.3) is 10.2 Å². The highest BCUT2D eigenvalue weighted by molar-refractivity contribution is 7.16. The highest BCUT2D eigenvalue weighted by atomic mass is 35.5. The van der Waals surface area contributed by atoms with E-state index in [0.717, 1.165) is 16.0 Å². The minimum absolute atomic E-state index is 0.141. The van der Waals surface area contributed by atoms with Crippen molar-refractivity contribution in [2.24, 2.45) is 0 Å². The van der Waals surface area contributed by atoms with Crippen molar-refractivity contribution in [3.8, 4) is 11.8 Å². The van der Waals surface area contributed by atoms with E-state index < -0.39 is 0 Å². The molecule has 3 aromatic rings. The number of rotatable bonds is 3. The zero-order chi connectivity index (χ0) is 16.2. The number of nitrogens with zero attached hydrogens (tertiary/aromatic N) is 2. The molecule has 0 spiro atoms. The molecule has 3 rings (SSSR count). The summed E-state index contributed by atoms with van der Waals surface area (Å²) in [6, 6.07) is 7.54. The lowest BCUT2D eigenvalue weighted by atomic mass is 10.2. The van der Waals surface area contributed by atoms with Gasteiger partial charge in [-0.2, -0.15) is 0 Å². The molecule has 0 saturated carbocycles. The summed E-state index contributed by atoms with van der Waals surface area (Å²) in [5, 5.41) is 7.56. The predicted molar refractivity (Wildman–Crippen MR) is 98.5 cm³/mol. The fourth-order valence-corrected chi connectivity index (χ4v) is 3.32. The number of halogens is 2. The Morgan fingerprint density at radius 3 is 2.78 bits per heavy atom. The van der Waals surface area contributed by atoms with E-state index in [1.807, 2.05) is 11.4 Å². The Labute approximate surface area is 148 Å². The number of nitrogens with one attached hydrogen (secondary N) is 1. The highest BCUT2D eigenvalue weighted by Gasteiger charge is 2.07. The molecule has 3 nitrogen and oxygen atoms in total. The molecule has 0 bridgehead atoms. The molecule has 0 amide bonds. The van der Waals surface area contributed by atoms with Crippen LogP contribution in [0.3, 0.4) is 0 Å². The third kappa shape index (κ3) is 3.76. The molecule has 116 valence electrons. The summed E-state index contributed by atoms with van der Waals surface area (Å²) >= 11 is 13.8. The molecule has 0 aliphatic heterocycles. The summed E-state index contributed by atoms with van der Waals surface area (Å²) in [6.07, 6.45) is 2.22. The number of fused-ring (bicyclic) bond motifs is 1. The van der Waals surface area contributed by atoms with Gasteiger partial charge in [0.15, 0.2) is 0 Å². The van der Waals surface area contributed by atoms with Gasteiger partial charge in [-0.1, -0.05) is 41.1 Å². The van der Waals surface area contributed by atoms with Gasteiger partial charge in [-0.3, -0.25) is 0 Å². The average molecular weight is 362 g/mol. The molecule has 0 radical (unpaired) electrons. The van der Waals surface area contributed by atoms with Crippen LogP contribution in [0.15, 0.2) is 36.0 Å². The van der Waals surface area contributed by atoms with E-state index in [-0.39, 0.29) is 6.04 Å². The van der Waals surface area contributed by atoms with E-state index in [1.54, 1.807) is 35.9 Å². The number of benzene rings is 1. The maximum Gasteiger partial charge on any atom is 0.138 e. The molecule has 0 aliphatic rings. The number of hydrogen-bond acceptors (Lipinski definition) is 4. The lowest BCUT2D eigenvalue weighted by Crippen LogP contribution is -2.15. The fraction of sp³-hybridized carbons (Fsp3) is 0.176. The van der Waals surface area contributed by atoms with Crippen LogP contribution in [0.5, 0.6) is 0 Å². The number of hydrogen-bond donors (Lipinski definition) is 1. The van der Waals surface area contributed by atoms with Gasteiger partial charge in [0.2, 0.25) is 0 Å². The van der Waals surface area contributed by atoms with Crippen LogP contribution < -0.4 is 5.32 Å². The van der Waals surface area contributed by atoms with E-state index in [2.05, 4.69) is 34.0 Å². The van der Waals surface area contributed by atoms with E-state index in [1.165, 1.54) is 0 Å². The fourth-order valence-electron chi connectivity index (χ4n) is 2.10. The molecule has 1 N–H and O–H groups in total. The summed E-state index contributed by atoms with van der Waals surface area (Å²) < 4.78 is 0. The first-order valence-corrected chi connectivity index (χ1v) is 8.66. The number of aromatic nitrogens is 2. The van der Waals surface area contributed by atoms with E-state index in [0.29, 0.717) is 22.0 Å². The minimum atomic E-state index is 0.141. The molecule has 0 aliphatic carbocycles. The molecule has 0 fully saturated rings. The van der Waals surface area contributed by atoms with Crippen LogP contribution in [-0.2, 0) is 0 Å². The van der Waals surface area contributed by atoms with Crippen molar-refractivity contribution < 1.29 is 0 Å². The quantitative estimate of drug-likeness (QED) is 0.648. The number of thiophene rings is 1. The van der Waals surface area contributed by atoms with Gasteiger partial charge in [0.25, 0.3) is 0 Å². The lowest BCUT2D eigenvalue weighted by molar-refractivity contribution is 0.822. The van der Waals surface area contributed by atoms with Gasteiger partial charge in [-0.15, -0.1) is 11.3 Å². The summed E-state index contributed by atoms with van der Waals surface area (Å²) in [6.45, 7) is 2.06. The smallest absolute Gasteiger partial charge is 0.138 e. The number of anilines is 1. The van der Waals surface area contributed by atoms with Crippen LogP contribution in [-0.4, -0.2) is 16.0 Å². The molecular formula is C17H13Cl2N3S. The Morgan fingerprint density at radius 1 is 1.22 bits per heavy atom. The van der Waals surface area contributed by atoms with Crippen LogP contribution >= 0.6 is 34.5 Å². The Balaban J connectivity index is 1.70. The highest BCUT2D eigenvalue weighted by Crippen LogP contribution is 2.25. The van der Waals surface area contributed by atoms with Crippen molar-refractivity contribution in [1.29, 1.82) is 0 Å². The third-order valence-electron chi connectivity index (χ3n) is 3.23. The van der Waals surface area contributed by atoms with E-state index in [9.17, 15) is 0 Å². The summed E-state index contributed by atoms with van der Waals surface area (Å²) in [5.41, 5.74) is 0.672. The molecule has 1 unspecified atom stereocenters. The Hall–Kier alpha value is -1.80. The van der Waals surface area contributed by atoms with Crippen molar-refractivity contribution >= 4 is 50.6 Å². The minimum Gasteiger partial charge on any atom is -0.366 e. The van der Waals surface area contributed by atoms with Crippen LogP contribution in [0.2, 0.25) is 10.0 Å². The molecular weight excluding hydrogens is 349 g/mol. The Bertz CT molecular complexity index is 875. The van der Waals surface area contributed by atoms with Gasteiger partial charge in [-0.05, 0) is 30.5 Å². The van der Waals surface area contributed by atoms with Crippen molar-refractivity contribution in [2.45, 2.75) is 19.4 Å². The zero-order valence-corrected chi connectivity index (χ0v) is 14.6. The second-order valence-corrected chi connectivity index (χ2v) is 6.72. The maximum absolute atomic E-state index is 6.11. The maximum atomic E-state index is 6.11. The SMILES string of the molecule is CC(CC#Cc1c(Cl)cccc1Cl)Nc1ncnc2sccc12. The Kier molecular flexibility index (Phi) is 5.02. The average Bonchev–Trinajstić information content (AvgIpc) is 3.00. The van der Waals surface area contributed by atoms with Gasteiger partial charge in [0.05, 0.1) is 21.0 Å². The summed E-state index contributed by atoms with van der Waals surface area (Å²) in [5.74, 6) is 7.00. The first-order valence-electron chi connectivity index (χ1n) is 7.03. The predicted octanol–water partition coefficient (Wildman–Crippen LogP) is 5.24.